The quantitative estimate of drug-likeness (QED) is 0.816. The fourth-order valence-electron chi connectivity index (χ4n) is 3.12. The highest BCUT2D eigenvalue weighted by Crippen LogP contribution is 2.36. The third-order valence-electron chi connectivity index (χ3n) is 5.40. The van der Waals surface area contributed by atoms with Gasteiger partial charge in [0.2, 0.25) is 0 Å². The number of nitrogens with zero attached hydrogens (tertiary/aromatic N) is 1. The summed E-state index contributed by atoms with van der Waals surface area (Å²) in [7, 11) is -0.481. The Balaban J connectivity index is 1.79. The molecule has 3 rings (SSSR count). The van der Waals surface area contributed by atoms with Crippen molar-refractivity contribution in [3.8, 4) is 0 Å². The first kappa shape index (κ1) is 18.7. The molecule has 0 radical (unpaired) electrons. The molecule has 2 heterocycles. The first-order valence-corrected chi connectivity index (χ1v) is 9.16. The Morgan fingerprint density at radius 3 is 2.48 bits per heavy atom. The standard InChI is InChI=1S/C18H26BClN2O3/c1-12-11-22(9-8-21-12)16(23)14-7-6-13(10-15(14)20)19-24-17(2,3)18(4,5)25-19/h6-7,10,12,21H,8-9,11H2,1-5H3. The van der Waals surface area contributed by atoms with Gasteiger partial charge in [-0.2, -0.15) is 0 Å². The number of halogens is 1. The average molecular weight is 365 g/mol. The molecule has 1 amide bonds. The van der Waals surface area contributed by atoms with Gasteiger partial charge in [-0.25, -0.2) is 0 Å². The van der Waals surface area contributed by atoms with E-state index in [2.05, 4.69) is 12.2 Å². The van der Waals surface area contributed by atoms with Gasteiger partial charge in [-0.15, -0.1) is 0 Å². The zero-order valence-electron chi connectivity index (χ0n) is 15.6. The zero-order valence-corrected chi connectivity index (χ0v) is 16.3. The molecule has 1 N–H and O–H groups in total. The monoisotopic (exact) mass is 364 g/mol. The van der Waals surface area contributed by atoms with Crippen LogP contribution in [-0.2, 0) is 9.31 Å². The van der Waals surface area contributed by atoms with Crippen molar-refractivity contribution in [1.82, 2.24) is 10.2 Å². The predicted molar refractivity (Wildman–Crippen MR) is 101 cm³/mol. The van der Waals surface area contributed by atoms with Gasteiger partial charge >= 0.3 is 7.12 Å². The normalized spacial score (nSPS) is 25.3. The van der Waals surface area contributed by atoms with Gasteiger partial charge in [0, 0.05) is 25.7 Å². The maximum absolute atomic E-state index is 12.8. The predicted octanol–water partition coefficient (Wildman–Crippen LogP) is 2.07. The van der Waals surface area contributed by atoms with Gasteiger partial charge in [-0.3, -0.25) is 4.79 Å². The van der Waals surface area contributed by atoms with E-state index in [9.17, 15) is 4.79 Å². The van der Waals surface area contributed by atoms with E-state index in [0.29, 0.717) is 29.7 Å². The molecule has 2 aliphatic rings. The molecule has 136 valence electrons. The number of nitrogens with one attached hydrogen (secondary N) is 1. The number of hydrogen-bond donors (Lipinski definition) is 1. The average Bonchev–Trinajstić information content (AvgIpc) is 2.75. The summed E-state index contributed by atoms with van der Waals surface area (Å²) in [5.74, 6) is -0.0289. The summed E-state index contributed by atoms with van der Waals surface area (Å²) in [4.78, 5) is 14.6. The lowest BCUT2D eigenvalue weighted by Crippen LogP contribution is -2.51. The van der Waals surface area contributed by atoms with Crippen LogP contribution < -0.4 is 10.8 Å². The highest BCUT2D eigenvalue weighted by Gasteiger charge is 2.51. The minimum Gasteiger partial charge on any atom is -0.399 e. The fourth-order valence-corrected chi connectivity index (χ4v) is 3.39. The fraction of sp³-hybridized carbons (Fsp3) is 0.611. The lowest BCUT2D eigenvalue weighted by molar-refractivity contribution is 0.00578. The first-order chi connectivity index (χ1) is 11.6. The van der Waals surface area contributed by atoms with Gasteiger partial charge in [0.1, 0.15) is 0 Å². The van der Waals surface area contributed by atoms with Crippen LogP contribution in [-0.4, -0.2) is 54.8 Å². The number of carbonyl (C=O) groups is 1. The molecule has 0 aliphatic carbocycles. The zero-order chi connectivity index (χ0) is 18.4. The van der Waals surface area contributed by atoms with Crippen LogP contribution in [0.5, 0.6) is 0 Å². The highest BCUT2D eigenvalue weighted by molar-refractivity contribution is 6.62. The van der Waals surface area contributed by atoms with Crippen LogP contribution in [0.4, 0.5) is 0 Å². The van der Waals surface area contributed by atoms with Crippen LogP contribution in [0.1, 0.15) is 45.0 Å². The number of rotatable bonds is 2. The minimum absolute atomic E-state index is 0.0289. The van der Waals surface area contributed by atoms with E-state index in [4.69, 9.17) is 20.9 Å². The van der Waals surface area contributed by atoms with Crippen molar-refractivity contribution in [2.45, 2.75) is 51.9 Å². The molecule has 1 atom stereocenters. The summed E-state index contributed by atoms with van der Waals surface area (Å²) in [5.41, 5.74) is 0.537. The molecular formula is C18H26BClN2O3. The van der Waals surface area contributed by atoms with Crippen LogP contribution in [0.2, 0.25) is 5.02 Å². The van der Waals surface area contributed by atoms with E-state index in [-0.39, 0.29) is 5.91 Å². The van der Waals surface area contributed by atoms with Crippen molar-refractivity contribution < 1.29 is 14.1 Å². The lowest BCUT2D eigenvalue weighted by Gasteiger charge is -2.32. The van der Waals surface area contributed by atoms with Crippen molar-refractivity contribution in [2.75, 3.05) is 19.6 Å². The van der Waals surface area contributed by atoms with Gasteiger partial charge in [0.15, 0.2) is 0 Å². The first-order valence-electron chi connectivity index (χ1n) is 8.78. The highest BCUT2D eigenvalue weighted by atomic mass is 35.5. The van der Waals surface area contributed by atoms with E-state index < -0.39 is 18.3 Å². The summed E-state index contributed by atoms with van der Waals surface area (Å²) in [6, 6.07) is 5.72. The molecule has 2 aliphatic heterocycles. The minimum atomic E-state index is -0.481. The van der Waals surface area contributed by atoms with Gasteiger partial charge < -0.3 is 19.5 Å². The number of amides is 1. The van der Waals surface area contributed by atoms with E-state index in [1.54, 1.807) is 12.1 Å². The van der Waals surface area contributed by atoms with E-state index in [1.165, 1.54) is 0 Å². The molecule has 25 heavy (non-hydrogen) atoms. The van der Waals surface area contributed by atoms with Gasteiger partial charge in [0.05, 0.1) is 21.8 Å². The largest absolute Gasteiger partial charge is 0.494 e. The number of piperazine rings is 1. The van der Waals surface area contributed by atoms with E-state index in [1.807, 2.05) is 38.7 Å². The summed E-state index contributed by atoms with van der Waals surface area (Å²) >= 11 is 6.43. The Morgan fingerprint density at radius 1 is 1.28 bits per heavy atom. The number of benzene rings is 1. The lowest BCUT2D eigenvalue weighted by atomic mass is 9.79. The third-order valence-corrected chi connectivity index (χ3v) is 5.72. The Bertz CT molecular complexity index is 664. The van der Waals surface area contributed by atoms with Crippen molar-refractivity contribution in [3.63, 3.8) is 0 Å². The maximum atomic E-state index is 12.8. The summed E-state index contributed by atoms with van der Waals surface area (Å²) < 4.78 is 12.1. The van der Waals surface area contributed by atoms with Crippen LogP contribution in [0.3, 0.4) is 0 Å². The van der Waals surface area contributed by atoms with Gasteiger partial charge in [0.25, 0.3) is 5.91 Å². The molecule has 7 heteroatoms. The third kappa shape index (κ3) is 3.58. The molecule has 1 aromatic carbocycles. The molecule has 2 fully saturated rings. The maximum Gasteiger partial charge on any atom is 0.494 e. The van der Waals surface area contributed by atoms with Crippen molar-refractivity contribution in [3.05, 3.63) is 28.8 Å². The van der Waals surface area contributed by atoms with Gasteiger partial charge in [-0.1, -0.05) is 17.7 Å². The molecular weight excluding hydrogens is 338 g/mol. The smallest absolute Gasteiger partial charge is 0.399 e. The van der Waals surface area contributed by atoms with Crippen LogP contribution >= 0.6 is 11.6 Å². The van der Waals surface area contributed by atoms with E-state index in [0.717, 1.165) is 12.0 Å². The van der Waals surface area contributed by atoms with Crippen molar-refractivity contribution in [1.29, 1.82) is 0 Å². The van der Waals surface area contributed by atoms with Gasteiger partial charge in [-0.05, 0) is 52.2 Å². The molecule has 1 unspecified atom stereocenters. The molecule has 5 nitrogen and oxygen atoms in total. The summed E-state index contributed by atoms with van der Waals surface area (Å²) in [5, 5.41) is 3.77. The number of carbonyl (C=O) groups excluding carboxylic acids is 1. The second-order valence-electron chi connectivity index (χ2n) is 7.93. The van der Waals surface area contributed by atoms with Crippen LogP contribution in [0.25, 0.3) is 0 Å². The molecule has 0 saturated carbocycles. The Kier molecular flexibility index (Phi) is 4.92. The van der Waals surface area contributed by atoms with E-state index >= 15 is 0 Å². The molecule has 0 spiro atoms. The van der Waals surface area contributed by atoms with Crippen molar-refractivity contribution in [2.24, 2.45) is 0 Å². The molecule has 1 aromatic rings. The topological polar surface area (TPSA) is 50.8 Å². The molecule has 0 bridgehead atoms. The SMILES string of the molecule is CC1CN(C(=O)c2ccc(B3OC(C)(C)C(C)(C)O3)cc2Cl)CCN1. The summed E-state index contributed by atoms with van der Waals surface area (Å²) in [6.45, 7) is 12.3. The van der Waals surface area contributed by atoms with Crippen LogP contribution in [0.15, 0.2) is 18.2 Å². The van der Waals surface area contributed by atoms with Crippen LogP contribution in [0, 0.1) is 0 Å². The second-order valence-corrected chi connectivity index (χ2v) is 8.34. The second kappa shape index (κ2) is 6.58. The molecule has 0 aromatic heterocycles. The molecule has 2 saturated heterocycles. The van der Waals surface area contributed by atoms with Crippen molar-refractivity contribution >= 4 is 30.1 Å². The Morgan fingerprint density at radius 2 is 1.92 bits per heavy atom. The Hall–Kier alpha value is -1.08. The Labute approximate surface area is 155 Å². The summed E-state index contributed by atoms with van der Waals surface area (Å²) in [6.07, 6.45) is 0. The number of hydrogen-bond acceptors (Lipinski definition) is 4.